The Bertz CT molecular complexity index is 584. The molecule has 0 amide bonds. The van der Waals surface area contributed by atoms with E-state index in [0.717, 1.165) is 13.1 Å². The van der Waals surface area contributed by atoms with Gasteiger partial charge < -0.3 is 24.6 Å². The van der Waals surface area contributed by atoms with Gasteiger partial charge in [0.1, 0.15) is 0 Å². The zero-order valence-corrected chi connectivity index (χ0v) is 18.7. The molecule has 159 valence electrons. The van der Waals surface area contributed by atoms with Gasteiger partial charge in [-0.1, -0.05) is 37.3 Å². The molecule has 1 aromatic carbocycles. The average molecular weight is 453 g/mol. The SMILES string of the molecule is C[C@H]([O-])CN1CCN(C[C@H](C)O)CCN(CP(=O)([O-])c2ccccc2)CC1.[Fe+3]. The molecule has 1 aromatic rings. The normalized spacial score (nSPS) is 22.2. The van der Waals surface area contributed by atoms with Crippen LogP contribution in [0.15, 0.2) is 30.3 Å². The Balaban J connectivity index is 0.00000392. The van der Waals surface area contributed by atoms with Crippen LogP contribution in [0.3, 0.4) is 0 Å². The van der Waals surface area contributed by atoms with Gasteiger partial charge in [0.15, 0.2) is 0 Å². The van der Waals surface area contributed by atoms with Crippen LogP contribution >= 0.6 is 7.37 Å². The first-order valence-electron chi connectivity index (χ1n) is 9.63. The molecule has 0 spiro atoms. The second-order valence-corrected chi connectivity index (χ2v) is 9.68. The summed E-state index contributed by atoms with van der Waals surface area (Å²) in [5.41, 5.74) is 0. The van der Waals surface area contributed by atoms with Crippen molar-refractivity contribution in [3.8, 4) is 0 Å². The van der Waals surface area contributed by atoms with Crippen LogP contribution in [0, 0.1) is 0 Å². The van der Waals surface area contributed by atoms with E-state index in [4.69, 9.17) is 0 Å². The molecular weight excluding hydrogens is 421 g/mol. The van der Waals surface area contributed by atoms with Gasteiger partial charge in [-0.25, -0.2) is 0 Å². The van der Waals surface area contributed by atoms with Crippen LogP contribution in [0.1, 0.15) is 13.8 Å². The fourth-order valence-electron chi connectivity index (χ4n) is 3.43. The number of benzene rings is 1. The summed E-state index contributed by atoms with van der Waals surface area (Å²) in [5.74, 6) is 0. The molecule has 1 saturated heterocycles. The molecule has 1 unspecified atom stereocenters. The Hall–Kier alpha value is -0.271. The van der Waals surface area contributed by atoms with Crippen molar-refractivity contribution in [3.63, 3.8) is 0 Å². The van der Waals surface area contributed by atoms with Gasteiger partial charge in [-0.15, -0.1) is 6.10 Å². The van der Waals surface area contributed by atoms with Gasteiger partial charge >= 0.3 is 17.1 Å². The van der Waals surface area contributed by atoms with E-state index in [2.05, 4.69) is 9.80 Å². The van der Waals surface area contributed by atoms with Gasteiger partial charge in [0.2, 0.25) is 0 Å². The van der Waals surface area contributed by atoms with E-state index in [1.54, 1.807) is 44.2 Å². The first kappa shape index (κ1) is 25.8. The van der Waals surface area contributed by atoms with Crippen LogP contribution in [0.5, 0.6) is 0 Å². The number of rotatable bonds is 7. The van der Waals surface area contributed by atoms with Crippen molar-refractivity contribution in [1.29, 1.82) is 0 Å². The van der Waals surface area contributed by atoms with Gasteiger partial charge in [0.05, 0.1) is 13.5 Å². The standard InChI is InChI=1S/C19H33N3O4P.Fe/c1-17(23)14-20-8-9-21(15-18(2)24)11-13-22(12-10-20)16-27(25,26)19-6-4-3-5-7-19;/h3-7,17-18,23H,8-16H2,1-2H3,(H,25,26);/q-1;+3/p-1/t17-,18-;/m0./s1. The Labute approximate surface area is 179 Å². The van der Waals surface area contributed by atoms with Crippen molar-refractivity contribution in [2.75, 3.05) is 58.6 Å². The molecule has 3 atom stereocenters. The third-order valence-corrected chi connectivity index (χ3v) is 6.63. The molecular formula is C19H32FeN3O4P+. The number of nitrogens with zero attached hydrogens (tertiary/aromatic N) is 3. The number of aliphatic hydroxyl groups excluding tert-OH is 1. The number of hydrogen-bond donors (Lipinski definition) is 1. The summed E-state index contributed by atoms with van der Waals surface area (Å²) in [6, 6.07) is 8.55. The molecule has 0 aromatic heterocycles. The van der Waals surface area contributed by atoms with Crippen molar-refractivity contribution in [2.45, 2.75) is 26.1 Å². The van der Waals surface area contributed by atoms with Crippen LogP contribution in [-0.4, -0.2) is 90.7 Å². The molecule has 0 aliphatic carbocycles. The predicted molar refractivity (Wildman–Crippen MR) is 104 cm³/mol. The Kier molecular flexibility index (Phi) is 11.4. The van der Waals surface area contributed by atoms with Crippen LogP contribution < -0.4 is 15.3 Å². The largest absolute Gasteiger partial charge is 3.00 e. The Morgan fingerprint density at radius 2 is 1.43 bits per heavy atom. The zero-order chi connectivity index (χ0) is 19.9. The molecule has 0 bridgehead atoms. The average Bonchev–Trinajstić information content (AvgIpc) is 2.68. The molecule has 7 nitrogen and oxygen atoms in total. The van der Waals surface area contributed by atoms with Crippen LogP contribution in [0.4, 0.5) is 0 Å². The molecule has 1 aliphatic rings. The summed E-state index contributed by atoms with van der Waals surface area (Å²) in [6.07, 6.45) is -1.14. The quantitative estimate of drug-likeness (QED) is 0.416. The first-order valence-corrected chi connectivity index (χ1v) is 11.4. The summed E-state index contributed by atoms with van der Waals surface area (Å²) in [4.78, 5) is 19.0. The molecule has 1 fully saturated rings. The van der Waals surface area contributed by atoms with Crippen molar-refractivity contribution in [2.24, 2.45) is 0 Å². The Morgan fingerprint density at radius 1 is 0.964 bits per heavy atom. The summed E-state index contributed by atoms with van der Waals surface area (Å²) < 4.78 is 12.8. The molecule has 0 saturated carbocycles. The first-order chi connectivity index (χ1) is 12.8. The van der Waals surface area contributed by atoms with Crippen LogP contribution in [0.25, 0.3) is 0 Å². The third-order valence-electron chi connectivity index (χ3n) is 4.77. The summed E-state index contributed by atoms with van der Waals surface area (Å²) in [7, 11) is -3.73. The Morgan fingerprint density at radius 3 is 1.89 bits per heavy atom. The van der Waals surface area contributed by atoms with E-state index in [9.17, 15) is 19.7 Å². The summed E-state index contributed by atoms with van der Waals surface area (Å²) in [5, 5.41) is 21.7. The van der Waals surface area contributed by atoms with E-state index in [1.807, 2.05) is 4.90 Å². The third kappa shape index (κ3) is 9.04. The maximum Gasteiger partial charge on any atom is 3.00 e. The number of β-amino-alcohol motifs (C(OH)–C–C–N with tert-alkyl or cyclic N) is 1. The van der Waals surface area contributed by atoms with E-state index < -0.39 is 19.6 Å². The van der Waals surface area contributed by atoms with Gasteiger partial charge in [0, 0.05) is 52.1 Å². The topological polar surface area (TPSA) is 93.1 Å². The molecule has 28 heavy (non-hydrogen) atoms. The fraction of sp³-hybridized carbons (Fsp3) is 0.684. The van der Waals surface area contributed by atoms with Gasteiger partial charge in [-0.3, -0.25) is 9.80 Å². The predicted octanol–water partition coefficient (Wildman–Crippen LogP) is -1.05. The van der Waals surface area contributed by atoms with E-state index >= 15 is 0 Å². The monoisotopic (exact) mass is 453 g/mol. The second kappa shape index (κ2) is 12.4. The van der Waals surface area contributed by atoms with Gasteiger partial charge in [-0.05, 0) is 18.8 Å². The second-order valence-electron chi connectivity index (χ2n) is 7.53. The molecule has 9 heteroatoms. The van der Waals surface area contributed by atoms with E-state index in [-0.39, 0.29) is 23.4 Å². The van der Waals surface area contributed by atoms with Crippen molar-refractivity contribution in [3.05, 3.63) is 30.3 Å². The maximum absolute atomic E-state index is 12.8. The maximum atomic E-state index is 12.8. The van der Waals surface area contributed by atoms with Crippen LogP contribution in [0.2, 0.25) is 0 Å². The van der Waals surface area contributed by atoms with Gasteiger partial charge in [-0.2, -0.15) is 0 Å². The minimum absolute atomic E-state index is 0. The van der Waals surface area contributed by atoms with Crippen molar-refractivity contribution >= 4 is 12.7 Å². The zero-order valence-electron chi connectivity index (χ0n) is 16.7. The molecule has 2 rings (SSSR count). The molecule has 1 radical (unpaired) electrons. The van der Waals surface area contributed by atoms with Crippen molar-refractivity contribution in [1.82, 2.24) is 14.7 Å². The number of hydrogen-bond acceptors (Lipinski definition) is 7. The summed E-state index contributed by atoms with van der Waals surface area (Å²) in [6.45, 7) is 8.50. The molecule has 1 N–H and O–H groups in total. The fourth-order valence-corrected chi connectivity index (χ4v) is 5.03. The smallest absolute Gasteiger partial charge is 0.851 e. The van der Waals surface area contributed by atoms with Gasteiger partial charge in [0.25, 0.3) is 0 Å². The van der Waals surface area contributed by atoms with Crippen molar-refractivity contribution < 1.29 is 36.7 Å². The van der Waals surface area contributed by atoms with Crippen LogP contribution in [-0.2, 0) is 21.6 Å². The number of aliphatic hydroxyl groups is 1. The summed E-state index contributed by atoms with van der Waals surface area (Å²) >= 11 is 0. The van der Waals surface area contributed by atoms with E-state index in [1.165, 1.54) is 0 Å². The van der Waals surface area contributed by atoms with E-state index in [0.29, 0.717) is 44.6 Å². The minimum Gasteiger partial charge on any atom is -0.851 e. The molecule has 1 aliphatic heterocycles. The minimum atomic E-state index is -3.73. The molecule has 1 heterocycles.